The lowest BCUT2D eigenvalue weighted by Crippen LogP contribution is -2.16. The zero-order valence-corrected chi connectivity index (χ0v) is 13.6. The molecule has 0 spiro atoms. The van der Waals surface area contributed by atoms with Gasteiger partial charge in [-0.2, -0.15) is 0 Å². The standard InChI is InChI=1S/C10H15NO.3C2H6/c1-3-11(2)8-9-6-4-5-7-10(9)12;3*1-2/h4-7,12H,3,8H2,1-2H3;3*1-2H3. The van der Waals surface area contributed by atoms with E-state index in [1.165, 1.54) is 0 Å². The summed E-state index contributed by atoms with van der Waals surface area (Å²) >= 11 is 0. The summed E-state index contributed by atoms with van der Waals surface area (Å²) in [6.45, 7) is 15.9. The van der Waals surface area contributed by atoms with Crippen LogP contribution in [0, 0.1) is 0 Å². The van der Waals surface area contributed by atoms with Gasteiger partial charge >= 0.3 is 0 Å². The molecule has 0 aliphatic carbocycles. The van der Waals surface area contributed by atoms with Gasteiger partial charge in [0.15, 0.2) is 0 Å². The number of phenolic OH excluding ortho intramolecular Hbond substituents is 1. The Balaban J connectivity index is -0.000000328. The lowest BCUT2D eigenvalue weighted by atomic mass is 10.2. The van der Waals surface area contributed by atoms with Gasteiger partial charge in [-0.1, -0.05) is 66.7 Å². The van der Waals surface area contributed by atoms with Gasteiger partial charge in [-0.3, -0.25) is 0 Å². The summed E-state index contributed by atoms with van der Waals surface area (Å²) in [5.41, 5.74) is 0.988. The Morgan fingerprint density at radius 1 is 0.944 bits per heavy atom. The maximum Gasteiger partial charge on any atom is 0.120 e. The maximum atomic E-state index is 9.43. The van der Waals surface area contributed by atoms with Crippen LogP contribution in [-0.4, -0.2) is 23.6 Å². The highest BCUT2D eigenvalue weighted by atomic mass is 16.3. The van der Waals surface area contributed by atoms with Crippen LogP contribution in [0.1, 0.15) is 54.0 Å². The van der Waals surface area contributed by atoms with Crippen LogP contribution < -0.4 is 0 Å². The minimum atomic E-state index is 0.387. The zero-order valence-electron chi connectivity index (χ0n) is 13.6. The van der Waals surface area contributed by atoms with Gasteiger partial charge in [0, 0.05) is 12.1 Å². The van der Waals surface area contributed by atoms with Gasteiger partial charge < -0.3 is 10.0 Å². The first-order valence-electron chi connectivity index (χ1n) is 7.19. The molecule has 0 heterocycles. The highest BCUT2D eigenvalue weighted by Gasteiger charge is 2.01. The Bertz CT molecular complexity index is 249. The summed E-state index contributed by atoms with van der Waals surface area (Å²) in [6.07, 6.45) is 0. The summed E-state index contributed by atoms with van der Waals surface area (Å²) in [5, 5.41) is 9.43. The molecule has 108 valence electrons. The van der Waals surface area contributed by atoms with Crippen LogP contribution in [0.4, 0.5) is 0 Å². The average molecular weight is 255 g/mol. The van der Waals surface area contributed by atoms with Crippen LogP contribution in [0.2, 0.25) is 0 Å². The van der Waals surface area contributed by atoms with E-state index in [1.807, 2.05) is 66.8 Å². The van der Waals surface area contributed by atoms with Gasteiger partial charge in [0.05, 0.1) is 0 Å². The Kier molecular flexibility index (Phi) is 22.6. The lowest BCUT2D eigenvalue weighted by molar-refractivity contribution is 0.337. The van der Waals surface area contributed by atoms with Gasteiger partial charge in [0.25, 0.3) is 0 Å². The highest BCUT2D eigenvalue weighted by Crippen LogP contribution is 2.16. The van der Waals surface area contributed by atoms with Gasteiger partial charge in [0.1, 0.15) is 5.75 Å². The summed E-state index contributed by atoms with van der Waals surface area (Å²) in [6, 6.07) is 7.45. The smallest absolute Gasteiger partial charge is 0.120 e. The maximum absolute atomic E-state index is 9.43. The molecule has 1 aromatic rings. The summed E-state index contributed by atoms with van der Waals surface area (Å²) in [7, 11) is 2.03. The molecule has 1 aromatic carbocycles. The summed E-state index contributed by atoms with van der Waals surface area (Å²) in [5.74, 6) is 0.387. The van der Waals surface area contributed by atoms with E-state index in [1.54, 1.807) is 6.07 Å². The molecule has 0 atom stereocenters. The minimum absolute atomic E-state index is 0.387. The quantitative estimate of drug-likeness (QED) is 0.828. The first kappa shape index (κ1) is 22.2. The normalized spacial score (nSPS) is 8.06. The van der Waals surface area contributed by atoms with Crippen molar-refractivity contribution >= 4 is 0 Å². The van der Waals surface area contributed by atoms with Crippen molar-refractivity contribution in [3.05, 3.63) is 29.8 Å². The fourth-order valence-corrected chi connectivity index (χ4v) is 1.05. The van der Waals surface area contributed by atoms with E-state index in [4.69, 9.17) is 0 Å². The van der Waals surface area contributed by atoms with Crippen molar-refractivity contribution in [2.45, 2.75) is 55.0 Å². The van der Waals surface area contributed by atoms with Crippen LogP contribution in [0.15, 0.2) is 24.3 Å². The molecule has 0 saturated carbocycles. The average Bonchev–Trinajstić information content (AvgIpc) is 2.47. The molecule has 0 amide bonds. The van der Waals surface area contributed by atoms with Crippen molar-refractivity contribution in [1.29, 1.82) is 0 Å². The number of rotatable bonds is 3. The van der Waals surface area contributed by atoms with Gasteiger partial charge in [-0.15, -0.1) is 0 Å². The third kappa shape index (κ3) is 11.5. The number of nitrogens with zero attached hydrogens (tertiary/aromatic N) is 1. The molecule has 2 heteroatoms. The number of para-hydroxylation sites is 1. The van der Waals surface area contributed by atoms with E-state index >= 15 is 0 Å². The molecule has 0 bridgehead atoms. The minimum Gasteiger partial charge on any atom is -0.508 e. The van der Waals surface area contributed by atoms with Crippen LogP contribution in [0.3, 0.4) is 0 Å². The molecule has 0 aliphatic rings. The SMILES string of the molecule is CC.CC.CC.CCN(C)Cc1ccccc1O. The monoisotopic (exact) mass is 255 g/mol. The molecule has 18 heavy (non-hydrogen) atoms. The Morgan fingerprint density at radius 3 is 1.78 bits per heavy atom. The molecule has 0 saturated heterocycles. The van der Waals surface area contributed by atoms with E-state index < -0.39 is 0 Å². The molecule has 0 radical (unpaired) electrons. The fourth-order valence-electron chi connectivity index (χ4n) is 1.05. The second-order valence-electron chi connectivity index (χ2n) is 2.96. The molecule has 0 fully saturated rings. The van der Waals surface area contributed by atoms with Crippen LogP contribution in [-0.2, 0) is 6.54 Å². The first-order valence-corrected chi connectivity index (χ1v) is 7.19. The van der Waals surface area contributed by atoms with Crippen molar-refractivity contribution in [3.63, 3.8) is 0 Å². The highest BCUT2D eigenvalue weighted by molar-refractivity contribution is 5.31. The largest absolute Gasteiger partial charge is 0.508 e. The molecule has 1 N–H and O–H groups in total. The van der Waals surface area contributed by atoms with Crippen molar-refractivity contribution < 1.29 is 5.11 Å². The Hall–Kier alpha value is -1.02. The number of aromatic hydroxyl groups is 1. The van der Waals surface area contributed by atoms with Crippen molar-refractivity contribution in [1.82, 2.24) is 4.90 Å². The van der Waals surface area contributed by atoms with E-state index in [9.17, 15) is 5.11 Å². The topological polar surface area (TPSA) is 23.5 Å². The number of hydrogen-bond acceptors (Lipinski definition) is 2. The van der Waals surface area contributed by atoms with Gasteiger partial charge in [0.2, 0.25) is 0 Å². The third-order valence-electron chi connectivity index (χ3n) is 1.97. The molecular weight excluding hydrogens is 222 g/mol. The molecule has 0 aromatic heterocycles. The molecule has 1 rings (SSSR count). The van der Waals surface area contributed by atoms with Crippen molar-refractivity contribution in [2.24, 2.45) is 0 Å². The zero-order chi connectivity index (χ0) is 15.0. The summed E-state index contributed by atoms with van der Waals surface area (Å²) in [4.78, 5) is 2.15. The Labute approximate surface area is 115 Å². The lowest BCUT2D eigenvalue weighted by Gasteiger charge is -2.14. The van der Waals surface area contributed by atoms with E-state index in [0.29, 0.717) is 5.75 Å². The number of hydrogen-bond donors (Lipinski definition) is 1. The third-order valence-corrected chi connectivity index (χ3v) is 1.97. The van der Waals surface area contributed by atoms with Gasteiger partial charge in [-0.25, -0.2) is 0 Å². The van der Waals surface area contributed by atoms with E-state index in [2.05, 4.69) is 11.8 Å². The molecule has 0 unspecified atom stereocenters. The van der Waals surface area contributed by atoms with Crippen LogP contribution in [0.25, 0.3) is 0 Å². The predicted octanol–water partition coefficient (Wildman–Crippen LogP) is 4.92. The second kappa shape index (κ2) is 18.3. The van der Waals surface area contributed by atoms with Crippen LogP contribution >= 0.6 is 0 Å². The molecule has 2 nitrogen and oxygen atoms in total. The fraction of sp³-hybridized carbons (Fsp3) is 0.625. The van der Waals surface area contributed by atoms with Crippen molar-refractivity contribution in [2.75, 3.05) is 13.6 Å². The van der Waals surface area contributed by atoms with Gasteiger partial charge in [-0.05, 0) is 19.7 Å². The van der Waals surface area contributed by atoms with Crippen LogP contribution in [0.5, 0.6) is 5.75 Å². The molecule has 0 aliphatic heterocycles. The van der Waals surface area contributed by atoms with E-state index in [-0.39, 0.29) is 0 Å². The van der Waals surface area contributed by atoms with Crippen molar-refractivity contribution in [3.8, 4) is 5.75 Å². The molecular formula is C16H33NO. The summed E-state index contributed by atoms with van der Waals surface area (Å²) < 4.78 is 0. The second-order valence-corrected chi connectivity index (χ2v) is 2.96. The van der Waals surface area contributed by atoms with E-state index in [0.717, 1.165) is 18.7 Å². The number of benzene rings is 1. The first-order chi connectivity index (χ1) is 8.74. The number of phenols is 1. The Morgan fingerprint density at radius 2 is 1.39 bits per heavy atom. The predicted molar refractivity (Wildman–Crippen MR) is 84.2 cm³/mol.